The molecule has 5 nitrogen and oxygen atoms in total. The molecule has 1 aliphatic heterocycles. The average molecular weight is 346 g/mol. The Morgan fingerprint density at radius 2 is 1.83 bits per heavy atom. The molecule has 1 heterocycles. The van der Waals surface area contributed by atoms with Gasteiger partial charge in [-0.25, -0.2) is 13.1 Å². The summed E-state index contributed by atoms with van der Waals surface area (Å²) in [7, 11) is -1.99. The van der Waals surface area contributed by atoms with E-state index in [0.717, 1.165) is 24.2 Å². The van der Waals surface area contributed by atoms with Crippen molar-refractivity contribution in [3.63, 3.8) is 0 Å². The van der Waals surface area contributed by atoms with Gasteiger partial charge in [-0.2, -0.15) is 0 Å². The van der Waals surface area contributed by atoms with Crippen molar-refractivity contribution in [3.05, 3.63) is 58.1 Å². The van der Waals surface area contributed by atoms with Crippen LogP contribution in [-0.2, 0) is 29.7 Å². The molecule has 0 spiro atoms. The molecule has 128 valence electrons. The number of rotatable bonds is 5. The van der Waals surface area contributed by atoms with Crippen LogP contribution in [0, 0.1) is 13.8 Å². The van der Waals surface area contributed by atoms with E-state index in [0.29, 0.717) is 16.2 Å². The van der Waals surface area contributed by atoms with Gasteiger partial charge in [0.15, 0.2) is 0 Å². The Hall–Kier alpha value is -1.89. The largest absolute Gasteiger partial charge is 0.496 e. The average Bonchev–Trinajstić information content (AvgIpc) is 3.02. The van der Waals surface area contributed by atoms with Gasteiger partial charge < -0.3 is 10.1 Å². The van der Waals surface area contributed by atoms with Gasteiger partial charge in [-0.1, -0.05) is 18.2 Å². The van der Waals surface area contributed by atoms with Gasteiger partial charge in [-0.15, -0.1) is 0 Å². The third-order valence-corrected chi connectivity index (χ3v) is 5.89. The normalized spacial score (nSPS) is 13.8. The fraction of sp³-hybridized carbons (Fsp3) is 0.333. The maximum absolute atomic E-state index is 12.6. The van der Waals surface area contributed by atoms with Crippen LogP contribution in [0.25, 0.3) is 0 Å². The number of hydrogen-bond donors (Lipinski definition) is 2. The minimum atomic E-state index is -3.57. The van der Waals surface area contributed by atoms with E-state index in [9.17, 15) is 8.42 Å². The van der Waals surface area contributed by atoms with Crippen molar-refractivity contribution >= 4 is 10.0 Å². The van der Waals surface area contributed by atoms with Crippen molar-refractivity contribution in [2.45, 2.75) is 38.4 Å². The van der Waals surface area contributed by atoms with Crippen LogP contribution in [0.15, 0.2) is 35.2 Å². The summed E-state index contributed by atoms with van der Waals surface area (Å²) < 4.78 is 33.2. The highest BCUT2D eigenvalue weighted by Crippen LogP contribution is 2.25. The van der Waals surface area contributed by atoms with Gasteiger partial charge in [0.05, 0.1) is 12.0 Å². The summed E-state index contributed by atoms with van der Waals surface area (Å²) in [6.45, 7) is 5.61. The first-order valence-electron chi connectivity index (χ1n) is 7.87. The highest BCUT2D eigenvalue weighted by Gasteiger charge is 2.19. The Labute approximate surface area is 143 Å². The van der Waals surface area contributed by atoms with Crippen LogP contribution in [-0.4, -0.2) is 15.5 Å². The predicted molar refractivity (Wildman–Crippen MR) is 93.5 cm³/mol. The van der Waals surface area contributed by atoms with Crippen LogP contribution in [0.5, 0.6) is 5.75 Å². The SMILES string of the molecule is COc1cc(C)c(S(=O)(=O)NCc2ccc3c(c2)CNC3)cc1C. The second-order valence-corrected chi connectivity index (χ2v) is 7.85. The molecule has 0 radical (unpaired) electrons. The number of benzene rings is 2. The molecule has 24 heavy (non-hydrogen) atoms. The second-order valence-electron chi connectivity index (χ2n) is 6.12. The molecule has 3 rings (SSSR count). The van der Waals surface area contributed by atoms with Gasteiger partial charge in [-0.3, -0.25) is 0 Å². The standard InChI is InChI=1S/C18H22N2O3S/c1-12-7-18(13(2)6-17(12)23-3)24(21,22)20-9-14-4-5-15-10-19-11-16(15)8-14/h4-8,19-20H,9-11H2,1-3H3. The lowest BCUT2D eigenvalue weighted by Gasteiger charge is -2.13. The van der Waals surface area contributed by atoms with Gasteiger partial charge >= 0.3 is 0 Å². The van der Waals surface area contributed by atoms with Crippen molar-refractivity contribution in [3.8, 4) is 5.75 Å². The van der Waals surface area contributed by atoms with E-state index in [1.165, 1.54) is 11.1 Å². The minimum Gasteiger partial charge on any atom is -0.496 e. The van der Waals surface area contributed by atoms with Gasteiger partial charge in [0.1, 0.15) is 5.75 Å². The van der Waals surface area contributed by atoms with E-state index in [1.54, 1.807) is 26.2 Å². The van der Waals surface area contributed by atoms with E-state index in [-0.39, 0.29) is 6.54 Å². The zero-order chi connectivity index (χ0) is 17.3. The predicted octanol–water partition coefficient (Wildman–Crippen LogP) is 2.39. The van der Waals surface area contributed by atoms with Gasteiger partial charge in [0.25, 0.3) is 0 Å². The summed E-state index contributed by atoms with van der Waals surface area (Å²) >= 11 is 0. The summed E-state index contributed by atoms with van der Waals surface area (Å²) in [5.41, 5.74) is 4.95. The molecule has 0 saturated heterocycles. The highest BCUT2D eigenvalue weighted by molar-refractivity contribution is 7.89. The van der Waals surface area contributed by atoms with Crippen LogP contribution < -0.4 is 14.8 Å². The molecule has 0 aliphatic carbocycles. The number of nitrogens with one attached hydrogen (secondary N) is 2. The molecule has 0 atom stereocenters. The summed E-state index contributed by atoms with van der Waals surface area (Å²) in [6, 6.07) is 9.50. The topological polar surface area (TPSA) is 67.4 Å². The van der Waals surface area contributed by atoms with Crippen molar-refractivity contribution in [2.75, 3.05) is 7.11 Å². The third kappa shape index (κ3) is 3.31. The van der Waals surface area contributed by atoms with Crippen LogP contribution in [0.1, 0.15) is 27.8 Å². The molecule has 0 bridgehead atoms. The quantitative estimate of drug-likeness (QED) is 0.872. The molecule has 0 saturated carbocycles. The maximum atomic E-state index is 12.6. The fourth-order valence-corrected chi connectivity index (χ4v) is 4.31. The number of sulfonamides is 1. The molecule has 0 amide bonds. The third-order valence-electron chi connectivity index (χ3n) is 4.35. The second kappa shape index (κ2) is 6.55. The van der Waals surface area contributed by atoms with Gasteiger partial charge in [-0.05, 0) is 53.8 Å². The fourth-order valence-electron chi connectivity index (χ4n) is 2.99. The molecule has 6 heteroatoms. The molecular formula is C18H22N2O3S. The van der Waals surface area contributed by atoms with Gasteiger partial charge in [0, 0.05) is 19.6 Å². The summed E-state index contributed by atoms with van der Waals surface area (Å²) in [4.78, 5) is 0.295. The van der Waals surface area contributed by atoms with E-state index < -0.39 is 10.0 Å². The van der Waals surface area contributed by atoms with Gasteiger partial charge in [0.2, 0.25) is 10.0 Å². The zero-order valence-electron chi connectivity index (χ0n) is 14.1. The Morgan fingerprint density at radius 1 is 1.08 bits per heavy atom. The van der Waals surface area contributed by atoms with E-state index >= 15 is 0 Å². The first-order valence-corrected chi connectivity index (χ1v) is 9.35. The maximum Gasteiger partial charge on any atom is 0.241 e. The summed E-state index contributed by atoms with van der Waals surface area (Å²) in [5.74, 6) is 0.692. The number of methoxy groups -OCH3 is 1. The Morgan fingerprint density at radius 3 is 2.58 bits per heavy atom. The van der Waals surface area contributed by atoms with Crippen molar-refractivity contribution in [1.29, 1.82) is 0 Å². The molecule has 0 unspecified atom stereocenters. The van der Waals surface area contributed by atoms with E-state index in [1.807, 2.05) is 13.0 Å². The van der Waals surface area contributed by atoms with E-state index in [2.05, 4.69) is 22.2 Å². The lowest BCUT2D eigenvalue weighted by molar-refractivity contribution is 0.411. The highest BCUT2D eigenvalue weighted by atomic mass is 32.2. The summed E-state index contributed by atoms with van der Waals surface area (Å²) in [5, 5.41) is 3.29. The van der Waals surface area contributed by atoms with Crippen LogP contribution in [0.4, 0.5) is 0 Å². The molecule has 0 fully saturated rings. The molecule has 2 N–H and O–H groups in total. The van der Waals surface area contributed by atoms with E-state index in [4.69, 9.17) is 4.74 Å². The number of hydrogen-bond acceptors (Lipinski definition) is 4. The van der Waals surface area contributed by atoms with Crippen molar-refractivity contribution in [1.82, 2.24) is 10.0 Å². The Balaban J connectivity index is 1.80. The zero-order valence-corrected chi connectivity index (χ0v) is 15.0. The Kier molecular flexibility index (Phi) is 4.62. The Bertz CT molecular complexity index is 876. The molecule has 2 aromatic rings. The number of fused-ring (bicyclic) bond motifs is 1. The lowest BCUT2D eigenvalue weighted by atomic mass is 10.1. The monoisotopic (exact) mass is 346 g/mol. The summed E-state index contributed by atoms with van der Waals surface area (Å²) in [6.07, 6.45) is 0. The first kappa shape index (κ1) is 17.0. The number of ether oxygens (including phenoxy) is 1. The minimum absolute atomic E-state index is 0.278. The molecule has 0 aromatic heterocycles. The van der Waals surface area contributed by atoms with Crippen molar-refractivity contribution in [2.24, 2.45) is 0 Å². The van der Waals surface area contributed by atoms with Crippen LogP contribution in [0.2, 0.25) is 0 Å². The molecule has 1 aliphatic rings. The van der Waals surface area contributed by atoms with Crippen LogP contribution in [0.3, 0.4) is 0 Å². The molecule has 2 aromatic carbocycles. The van der Waals surface area contributed by atoms with Crippen LogP contribution >= 0.6 is 0 Å². The first-order chi connectivity index (χ1) is 11.4. The van der Waals surface area contributed by atoms with Crippen molar-refractivity contribution < 1.29 is 13.2 Å². The smallest absolute Gasteiger partial charge is 0.241 e. The molecular weight excluding hydrogens is 324 g/mol. The lowest BCUT2D eigenvalue weighted by Crippen LogP contribution is -2.24. The number of aryl methyl sites for hydroxylation is 2.